The molecule has 0 amide bonds. The molecule has 0 aromatic heterocycles. The highest BCUT2D eigenvalue weighted by atomic mass is 32.2. The zero-order chi connectivity index (χ0) is 16.9. The summed E-state index contributed by atoms with van der Waals surface area (Å²) in [6.45, 7) is 5.98. The molecular weight excluding hydrogens is 302 g/mol. The largest absolute Gasteiger partial charge is 0.299 e. The van der Waals surface area contributed by atoms with Gasteiger partial charge in [0.05, 0.1) is 18.0 Å². The number of ketones is 2. The molecule has 0 unspecified atom stereocenters. The number of carbonyl (C=O) groups excluding carboxylic acids is 2. The van der Waals surface area contributed by atoms with E-state index in [1.165, 1.54) is 25.1 Å². The third-order valence-corrected chi connectivity index (χ3v) is 4.65. The summed E-state index contributed by atoms with van der Waals surface area (Å²) in [7, 11) is -3.88. The molecule has 0 fully saturated rings. The Balaban J connectivity index is 3.14. The van der Waals surface area contributed by atoms with Crippen LogP contribution in [0.3, 0.4) is 0 Å². The van der Waals surface area contributed by atoms with E-state index in [4.69, 9.17) is 0 Å². The first-order chi connectivity index (χ1) is 10.1. The molecule has 5 nitrogen and oxygen atoms in total. The van der Waals surface area contributed by atoms with Crippen LogP contribution in [0.1, 0.15) is 26.3 Å². The monoisotopic (exact) mass is 323 g/mol. The Morgan fingerprint density at radius 3 is 2.05 bits per heavy atom. The van der Waals surface area contributed by atoms with Gasteiger partial charge in [0.15, 0.2) is 5.78 Å². The van der Waals surface area contributed by atoms with E-state index in [1.807, 2.05) is 6.92 Å². The second-order valence-corrected chi connectivity index (χ2v) is 7.41. The van der Waals surface area contributed by atoms with E-state index in [0.29, 0.717) is 0 Å². The number of rotatable bonds is 7. The topological polar surface area (TPSA) is 71.5 Å². The first kappa shape index (κ1) is 18.3. The van der Waals surface area contributed by atoms with Crippen molar-refractivity contribution in [1.29, 1.82) is 0 Å². The molecule has 0 bridgehead atoms. The molecule has 0 saturated heterocycles. The van der Waals surface area contributed by atoms with Gasteiger partial charge in [0.25, 0.3) is 0 Å². The summed E-state index contributed by atoms with van der Waals surface area (Å²) in [5, 5.41) is 0. The van der Waals surface area contributed by atoms with Gasteiger partial charge >= 0.3 is 0 Å². The van der Waals surface area contributed by atoms with Crippen LogP contribution in [-0.4, -0.2) is 37.4 Å². The molecule has 0 atom stereocenters. The average molecular weight is 323 g/mol. The van der Waals surface area contributed by atoms with Crippen molar-refractivity contribution in [3.8, 4) is 0 Å². The molecule has 6 heteroatoms. The van der Waals surface area contributed by atoms with E-state index in [0.717, 1.165) is 15.4 Å². The minimum Gasteiger partial charge on any atom is -0.299 e. The summed E-state index contributed by atoms with van der Waals surface area (Å²) in [6.07, 6.45) is 1.37. The van der Waals surface area contributed by atoms with Crippen LogP contribution in [0.2, 0.25) is 0 Å². The van der Waals surface area contributed by atoms with Gasteiger partial charge in [-0.2, -0.15) is 4.31 Å². The summed E-state index contributed by atoms with van der Waals surface area (Å²) in [6, 6.07) is 6.31. The quantitative estimate of drug-likeness (QED) is 0.721. The van der Waals surface area contributed by atoms with Crippen molar-refractivity contribution in [1.82, 2.24) is 4.31 Å². The number of Topliss-reactive ketones (excluding diaryl/α,β-unsaturated/α-hetero) is 1. The standard InChI is InChI=1S/C16H21NO4S/c1-12(2)9-15(19)11-17(10-14(4)18)22(20,21)16-7-5-13(3)6-8-16/h5-9H,10-11H2,1-4H3. The lowest BCUT2D eigenvalue weighted by molar-refractivity contribution is -0.118. The molecule has 1 aromatic rings. The summed E-state index contributed by atoms with van der Waals surface area (Å²) in [5.74, 6) is -0.669. The lowest BCUT2D eigenvalue weighted by atomic mass is 10.2. The number of sulfonamides is 1. The van der Waals surface area contributed by atoms with Crippen molar-refractivity contribution >= 4 is 21.6 Å². The van der Waals surface area contributed by atoms with Crippen molar-refractivity contribution in [2.24, 2.45) is 0 Å². The molecule has 0 aliphatic heterocycles. The fraction of sp³-hybridized carbons (Fsp3) is 0.375. The summed E-state index contributed by atoms with van der Waals surface area (Å²) >= 11 is 0. The molecule has 0 saturated carbocycles. The van der Waals surface area contributed by atoms with E-state index in [2.05, 4.69) is 0 Å². The number of allylic oxidation sites excluding steroid dienone is 1. The minimum atomic E-state index is -3.88. The summed E-state index contributed by atoms with van der Waals surface area (Å²) in [4.78, 5) is 23.3. The lowest BCUT2D eigenvalue weighted by Crippen LogP contribution is -2.38. The van der Waals surface area contributed by atoms with Gasteiger partial charge in [-0.25, -0.2) is 8.42 Å². The van der Waals surface area contributed by atoms with E-state index >= 15 is 0 Å². The van der Waals surface area contributed by atoms with Crippen LogP contribution in [-0.2, 0) is 19.6 Å². The molecule has 0 radical (unpaired) electrons. The Morgan fingerprint density at radius 2 is 1.59 bits per heavy atom. The first-order valence-electron chi connectivity index (χ1n) is 6.87. The van der Waals surface area contributed by atoms with Crippen LogP contribution in [0, 0.1) is 6.92 Å². The number of aryl methyl sites for hydroxylation is 1. The molecular formula is C16H21NO4S. The van der Waals surface area contributed by atoms with Crippen LogP contribution < -0.4 is 0 Å². The third kappa shape index (κ3) is 5.20. The third-order valence-electron chi connectivity index (χ3n) is 2.84. The van der Waals surface area contributed by atoms with Gasteiger partial charge < -0.3 is 0 Å². The van der Waals surface area contributed by atoms with Gasteiger partial charge in [0, 0.05) is 0 Å². The Labute approximate surface area is 131 Å². The number of benzene rings is 1. The highest BCUT2D eigenvalue weighted by molar-refractivity contribution is 7.89. The maximum atomic E-state index is 12.6. The molecule has 0 N–H and O–H groups in total. The molecule has 0 aliphatic rings. The average Bonchev–Trinajstić information content (AvgIpc) is 2.36. The first-order valence-corrected chi connectivity index (χ1v) is 8.31. The van der Waals surface area contributed by atoms with Crippen LogP contribution >= 0.6 is 0 Å². The van der Waals surface area contributed by atoms with Gasteiger partial charge in [-0.15, -0.1) is 0 Å². The molecule has 120 valence electrons. The number of hydrogen-bond acceptors (Lipinski definition) is 4. The zero-order valence-electron chi connectivity index (χ0n) is 13.3. The second kappa shape index (κ2) is 7.47. The van der Waals surface area contributed by atoms with Crippen molar-refractivity contribution in [2.45, 2.75) is 32.6 Å². The fourth-order valence-electron chi connectivity index (χ4n) is 1.87. The van der Waals surface area contributed by atoms with Crippen molar-refractivity contribution in [3.63, 3.8) is 0 Å². The van der Waals surface area contributed by atoms with E-state index < -0.39 is 10.0 Å². The highest BCUT2D eigenvalue weighted by Gasteiger charge is 2.27. The molecule has 1 aromatic carbocycles. The molecule has 1 rings (SSSR count). The van der Waals surface area contributed by atoms with Gasteiger partial charge in [0.1, 0.15) is 5.78 Å². The minimum absolute atomic E-state index is 0.0735. The molecule has 22 heavy (non-hydrogen) atoms. The summed E-state index contributed by atoms with van der Waals surface area (Å²) in [5.41, 5.74) is 1.71. The second-order valence-electron chi connectivity index (χ2n) is 5.48. The number of hydrogen-bond donors (Lipinski definition) is 0. The van der Waals surface area contributed by atoms with Crippen LogP contribution in [0.4, 0.5) is 0 Å². The Kier molecular flexibility index (Phi) is 6.20. The number of carbonyl (C=O) groups is 2. The maximum Gasteiger partial charge on any atom is 0.243 e. The Hall–Kier alpha value is -1.79. The van der Waals surface area contributed by atoms with E-state index in [1.54, 1.807) is 26.0 Å². The predicted molar refractivity (Wildman–Crippen MR) is 85.1 cm³/mol. The van der Waals surface area contributed by atoms with Crippen molar-refractivity contribution in [3.05, 3.63) is 41.5 Å². The van der Waals surface area contributed by atoms with E-state index in [9.17, 15) is 18.0 Å². The SMILES string of the molecule is CC(=O)CN(CC(=O)C=C(C)C)S(=O)(=O)c1ccc(C)cc1. The van der Waals surface area contributed by atoms with Crippen LogP contribution in [0.25, 0.3) is 0 Å². The zero-order valence-corrected chi connectivity index (χ0v) is 14.1. The van der Waals surface area contributed by atoms with Crippen molar-refractivity contribution < 1.29 is 18.0 Å². The van der Waals surface area contributed by atoms with Gasteiger partial charge in [0.2, 0.25) is 10.0 Å². The lowest BCUT2D eigenvalue weighted by Gasteiger charge is -2.20. The van der Waals surface area contributed by atoms with Gasteiger partial charge in [-0.3, -0.25) is 9.59 Å². The van der Waals surface area contributed by atoms with Gasteiger partial charge in [-0.1, -0.05) is 23.3 Å². The summed E-state index contributed by atoms with van der Waals surface area (Å²) < 4.78 is 26.1. The molecule has 0 aliphatic carbocycles. The highest BCUT2D eigenvalue weighted by Crippen LogP contribution is 2.16. The molecule has 0 spiro atoms. The Morgan fingerprint density at radius 1 is 1.05 bits per heavy atom. The predicted octanol–water partition coefficient (Wildman–Crippen LogP) is 2.11. The van der Waals surface area contributed by atoms with Crippen LogP contribution in [0.5, 0.6) is 0 Å². The molecule has 0 heterocycles. The maximum absolute atomic E-state index is 12.6. The van der Waals surface area contributed by atoms with Gasteiger partial charge in [-0.05, 0) is 45.9 Å². The normalized spacial score (nSPS) is 11.3. The smallest absolute Gasteiger partial charge is 0.243 e. The number of nitrogens with zero attached hydrogens (tertiary/aromatic N) is 1. The fourth-order valence-corrected chi connectivity index (χ4v) is 3.30. The Bertz CT molecular complexity index is 683. The van der Waals surface area contributed by atoms with Crippen LogP contribution in [0.15, 0.2) is 40.8 Å². The van der Waals surface area contributed by atoms with E-state index in [-0.39, 0.29) is 29.6 Å². The van der Waals surface area contributed by atoms with Crippen molar-refractivity contribution in [2.75, 3.05) is 13.1 Å².